The van der Waals surface area contributed by atoms with E-state index in [2.05, 4.69) is 52.6 Å². The van der Waals surface area contributed by atoms with Crippen LogP contribution in [0.25, 0.3) is 0 Å². The third kappa shape index (κ3) is 3.73. The van der Waals surface area contributed by atoms with Crippen molar-refractivity contribution < 1.29 is 4.74 Å². The first-order valence-corrected chi connectivity index (χ1v) is 9.61. The maximum Gasteiger partial charge on any atom is 0.227 e. The lowest BCUT2D eigenvalue weighted by Gasteiger charge is -2.29. The van der Waals surface area contributed by atoms with Crippen LogP contribution in [0.5, 0.6) is 0 Å². The summed E-state index contributed by atoms with van der Waals surface area (Å²) < 4.78 is 6.31. The minimum atomic E-state index is 0.370. The molecule has 2 aliphatic heterocycles. The van der Waals surface area contributed by atoms with Crippen LogP contribution >= 0.6 is 15.9 Å². The van der Waals surface area contributed by atoms with Crippen molar-refractivity contribution in [3.05, 3.63) is 29.1 Å². The number of aromatic nitrogens is 4. The first-order valence-electron chi connectivity index (χ1n) is 8.82. The van der Waals surface area contributed by atoms with Gasteiger partial charge in [0, 0.05) is 57.9 Å². The molecular formula is C17H22BrN7O. The average Bonchev–Trinajstić information content (AvgIpc) is 3.19. The van der Waals surface area contributed by atoms with Crippen LogP contribution < -0.4 is 14.7 Å². The van der Waals surface area contributed by atoms with Gasteiger partial charge < -0.3 is 19.4 Å². The third-order valence-electron chi connectivity index (χ3n) is 4.88. The molecule has 138 valence electrons. The molecule has 0 aromatic carbocycles. The number of likely N-dealkylation sites (N-methyl/N-ethyl adjacent to an activating group) is 1. The van der Waals surface area contributed by atoms with E-state index in [9.17, 15) is 0 Å². The number of nitrogens with zero attached hydrogens (tertiary/aromatic N) is 7. The lowest BCUT2D eigenvalue weighted by Crippen LogP contribution is -2.38. The highest BCUT2D eigenvalue weighted by Gasteiger charge is 2.28. The monoisotopic (exact) mass is 419 g/mol. The summed E-state index contributed by atoms with van der Waals surface area (Å²) in [5, 5.41) is 0. The Morgan fingerprint density at radius 2 is 1.85 bits per heavy atom. The molecule has 9 heteroatoms. The second-order valence-corrected chi connectivity index (χ2v) is 7.43. The normalized spacial score (nSPS) is 20.5. The van der Waals surface area contributed by atoms with Crippen LogP contribution in [-0.2, 0) is 4.74 Å². The SMILES string of the molecule is CN(c1ccnc(N2CCOCC2)n1)C1CCN(c2ncc(Br)cn2)C1. The Balaban J connectivity index is 1.44. The molecule has 0 N–H and O–H groups in total. The van der Waals surface area contributed by atoms with Gasteiger partial charge in [0.15, 0.2) is 0 Å². The summed E-state index contributed by atoms with van der Waals surface area (Å²) in [6.45, 7) is 4.96. The molecule has 2 saturated heterocycles. The number of ether oxygens (including phenoxy) is 1. The van der Waals surface area contributed by atoms with Gasteiger partial charge in [0.2, 0.25) is 11.9 Å². The fraction of sp³-hybridized carbons (Fsp3) is 0.529. The van der Waals surface area contributed by atoms with E-state index in [1.165, 1.54) is 0 Å². The average molecular weight is 420 g/mol. The number of rotatable bonds is 4. The number of halogens is 1. The standard InChI is InChI=1S/C17H22BrN7O/c1-23(14-3-5-25(12-14)16-20-10-13(18)11-21-16)15-2-4-19-17(22-15)24-6-8-26-9-7-24/h2,4,10-11,14H,3,5-9,12H2,1H3. The van der Waals surface area contributed by atoms with Crippen LogP contribution in [0.1, 0.15) is 6.42 Å². The molecular weight excluding hydrogens is 398 g/mol. The van der Waals surface area contributed by atoms with Crippen molar-refractivity contribution in [1.29, 1.82) is 0 Å². The van der Waals surface area contributed by atoms with Crippen molar-refractivity contribution in [3.63, 3.8) is 0 Å². The van der Waals surface area contributed by atoms with Crippen LogP contribution in [0, 0.1) is 0 Å². The summed E-state index contributed by atoms with van der Waals surface area (Å²) in [4.78, 5) is 24.7. The van der Waals surface area contributed by atoms with Gasteiger partial charge in [0.05, 0.1) is 17.7 Å². The van der Waals surface area contributed by atoms with E-state index in [0.29, 0.717) is 6.04 Å². The Hall–Kier alpha value is -2.00. The van der Waals surface area contributed by atoms with Gasteiger partial charge in [-0.05, 0) is 28.4 Å². The molecule has 2 aromatic heterocycles. The summed E-state index contributed by atoms with van der Waals surface area (Å²) >= 11 is 3.38. The second-order valence-electron chi connectivity index (χ2n) is 6.51. The van der Waals surface area contributed by atoms with Crippen molar-refractivity contribution in [2.75, 3.05) is 61.1 Å². The first-order chi connectivity index (χ1) is 12.7. The molecule has 26 heavy (non-hydrogen) atoms. The number of anilines is 3. The van der Waals surface area contributed by atoms with Gasteiger partial charge >= 0.3 is 0 Å². The van der Waals surface area contributed by atoms with E-state index in [0.717, 1.165) is 68.0 Å². The maximum absolute atomic E-state index is 5.41. The molecule has 4 heterocycles. The van der Waals surface area contributed by atoms with Gasteiger partial charge in [-0.25, -0.2) is 15.0 Å². The van der Waals surface area contributed by atoms with Crippen molar-refractivity contribution >= 4 is 33.6 Å². The van der Waals surface area contributed by atoms with E-state index in [-0.39, 0.29) is 0 Å². The Morgan fingerprint density at radius 3 is 2.62 bits per heavy atom. The summed E-state index contributed by atoms with van der Waals surface area (Å²) in [6, 6.07) is 2.35. The van der Waals surface area contributed by atoms with Crippen molar-refractivity contribution in [3.8, 4) is 0 Å². The van der Waals surface area contributed by atoms with Gasteiger partial charge in [0.25, 0.3) is 0 Å². The van der Waals surface area contributed by atoms with Crippen LogP contribution in [0.15, 0.2) is 29.1 Å². The van der Waals surface area contributed by atoms with Crippen molar-refractivity contribution in [2.45, 2.75) is 12.5 Å². The molecule has 2 fully saturated rings. The topological polar surface area (TPSA) is 70.5 Å². The number of hydrogen-bond acceptors (Lipinski definition) is 8. The summed E-state index contributed by atoms with van der Waals surface area (Å²) in [7, 11) is 2.10. The fourth-order valence-electron chi connectivity index (χ4n) is 3.35. The molecule has 2 aliphatic rings. The van der Waals surface area contributed by atoms with Crippen molar-refractivity contribution in [1.82, 2.24) is 19.9 Å². The van der Waals surface area contributed by atoms with Crippen LogP contribution in [0.3, 0.4) is 0 Å². The molecule has 1 atom stereocenters. The largest absolute Gasteiger partial charge is 0.378 e. The smallest absolute Gasteiger partial charge is 0.227 e. The highest BCUT2D eigenvalue weighted by molar-refractivity contribution is 9.10. The molecule has 0 saturated carbocycles. The zero-order valence-corrected chi connectivity index (χ0v) is 16.3. The summed E-state index contributed by atoms with van der Waals surface area (Å²) in [5.41, 5.74) is 0. The summed E-state index contributed by atoms with van der Waals surface area (Å²) in [6.07, 6.45) is 6.47. The molecule has 1 unspecified atom stereocenters. The van der Waals surface area contributed by atoms with E-state index in [1.807, 2.05) is 12.3 Å². The lowest BCUT2D eigenvalue weighted by molar-refractivity contribution is 0.122. The quantitative estimate of drug-likeness (QED) is 0.739. The van der Waals surface area contributed by atoms with E-state index in [1.54, 1.807) is 12.4 Å². The molecule has 0 amide bonds. The minimum absolute atomic E-state index is 0.370. The highest BCUT2D eigenvalue weighted by atomic mass is 79.9. The molecule has 0 radical (unpaired) electrons. The Bertz CT molecular complexity index is 738. The maximum atomic E-state index is 5.41. The molecule has 0 aliphatic carbocycles. The van der Waals surface area contributed by atoms with Gasteiger partial charge in [0.1, 0.15) is 5.82 Å². The minimum Gasteiger partial charge on any atom is -0.378 e. The van der Waals surface area contributed by atoms with Crippen LogP contribution in [0.4, 0.5) is 17.7 Å². The number of morpholine rings is 1. The first kappa shape index (κ1) is 17.4. The fourth-order valence-corrected chi connectivity index (χ4v) is 3.55. The Kier molecular flexibility index (Phi) is 5.16. The van der Waals surface area contributed by atoms with E-state index < -0.39 is 0 Å². The predicted molar refractivity (Wildman–Crippen MR) is 104 cm³/mol. The van der Waals surface area contributed by atoms with Gasteiger partial charge in [-0.15, -0.1) is 0 Å². The zero-order chi connectivity index (χ0) is 17.9. The molecule has 8 nitrogen and oxygen atoms in total. The second kappa shape index (κ2) is 7.71. The number of hydrogen-bond donors (Lipinski definition) is 0. The van der Waals surface area contributed by atoms with E-state index >= 15 is 0 Å². The third-order valence-corrected chi connectivity index (χ3v) is 5.29. The van der Waals surface area contributed by atoms with Gasteiger partial charge in [-0.1, -0.05) is 0 Å². The Morgan fingerprint density at radius 1 is 1.08 bits per heavy atom. The Labute approximate surface area is 161 Å². The van der Waals surface area contributed by atoms with Gasteiger partial charge in [-0.3, -0.25) is 0 Å². The molecule has 0 spiro atoms. The van der Waals surface area contributed by atoms with Crippen LogP contribution in [-0.4, -0.2) is 72.4 Å². The van der Waals surface area contributed by atoms with Crippen LogP contribution in [0.2, 0.25) is 0 Å². The highest BCUT2D eigenvalue weighted by Crippen LogP contribution is 2.24. The predicted octanol–water partition coefficient (Wildman–Crippen LogP) is 1.58. The molecule has 0 bridgehead atoms. The molecule has 4 rings (SSSR count). The van der Waals surface area contributed by atoms with Crippen molar-refractivity contribution in [2.24, 2.45) is 0 Å². The van der Waals surface area contributed by atoms with E-state index in [4.69, 9.17) is 9.72 Å². The molecule has 2 aromatic rings. The summed E-state index contributed by atoms with van der Waals surface area (Å²) in [5.74, 6) is 2.51. The lowest BCUT2D eigenvalue weighted by atomic mass is 10.2. The van der Waals surface area contributed by atoms with Gasteiger partial charge in [-0.2, -0.15) is 4.98 Å². The zero-order valence-electron chi connectivity index (χ0n) is 14.8.